The molecule has 0 aromatic heterocycles. The summed E-state index contributed by atoms with van der Waals surface area (Å²) >= 11 is 61.6. The van der Waals surface area contributed by atoms with Gasteiger partial charge in [0.1, 0.15) is 11.6 Å². The minimum atomic E-state index is -0.239. The average Bonchev–Trinajstić information content (AvgIpc) is 0.871. The Kier molecular flexibility index (Phi) is 59.4. The first-order valence-corrected chi connectivity index (χ1v) is 37.2. The molecule has 0 amide bonds. The first kappa shape index (κ1) is 96.9. The average molecular weight is 1670 g/mol. The van der Waals surface area contributed by atoms with Crippen molar-refractivity contribution in [2.45, 2.75) is 72.1 Å². The molecule has 0 aliphatic heterocycles. The number of hydrogen-bond acceptors (Lipinski definition) is 20. The van der Waals surface area contributed by atoms with Gasteiger partial charge in [0.05, 0.1) is 118 Å². The number of rotatable bonds is 19. The third-order valence-electron chi connectivity index (χ3n) is 13.1. The zero-order valence-corrected chi connectivity index (χ0v) is 69.3. The highest BCUT2D eigenvalue weighted by Gasteiger charge is 2.04. The molecule has 108 heavy (non-hydrogen) atoms. The van der Waals surface area contributed by atoms with Gasteiger partial charge >= 0.3 is 0 Å². The molecule has 0 spiro atoms. The van der Waals surface area contributed by atoms with Crippen LogP contribution in [0.5, 0.6) is 0 Å². The zero-order valence-electron chi connectivity index (χ0n) is 58.9. The van der Waals surface area contributed by atoms with Crippen LogP contribution in [0.25, 0.3) is 0 Å². The summed E-state index contributed by atoms with van der Waals surface area (Å²) in [4.78, 5) is 38.2. The lowest BCUT2D eigenvalue weighted by Gasteiger charge is -2.06. The Morgan fingerprint density at radius 1 is 0.324 bits per heavy atom. The van der Waals surface area contributed by atoms with Crippen molar-refractivity contribution in [3.8, 4) is 0 Å². The summed E-state index contributed by atoms with van der Waals surface area (Å²) in [5.74, 6) is 0.00525. The van der Waals surface area contributed by atoms with Gasteiger partial charge in [0.2, 0.25) is 0 Å². The summed E-state index contributed by atoms with van der Waals surface area (Å²) in [6.07, 6.45) is 1.84. The summed E-state index contributed by atoms with van der Waals surface area (Å²) < 4.78 is 24.8. The number of aliphatic imine (C=N–C) groups is 10. The Morgan fingerprint density at radius 2 is 0.667 bits per heavy atom. The van der Waals surface area contributed by atoms with Crippen molar-refractivity contribution < 1.29 is 8.78 Å². The van der Waals surface area contributed by atoms with E-state index in [2.05, 4.69) is 256 Å². The number of isothiocyanates is 10. The van der Waals surface area contributed by atoms with E-state index in [4.69, 9.17) is 34.8 Å². The molecule has 0 radical (unpaired) electrons. The van der Waals surface area contributed by atoms with Crippen LogP contribution < -0.4 is 0 Å². The van der Waals surface area contributed by atoms with Crippen LogP contribution in [0.15, 0.2) is 311 Å². The predicted molar refractivity (Wildman–Crippen MR) is 484 cm³/mol. The van der Waals surface area contributed by atoms with Crippen LogP contribution in [0.2, 0.25) is 15.1 Å². The van der Waals surface area contributed by atoms with Crippen LogP contribution in [0, 0.1) is 18.6 Å². The molecule has 0 N–H and O–H groups in total. The van der Waals surface area contributed by atoms with E-state index in [1.165, 1.54) is 46.5 Å². The second-order valence-electron chi connectivity index (χ2n) is 21.1. The second-order valence-corrected chi connectivity index (χ2v) is 24.2. The Bertz CT molecular complexity index is 4600. The van der Waals surface area contributed by atoms with E-state index in [1.807, 2.05) is 196 Å². The summed E-state index contributed by atoms with van der Waals surface area (Å²) in [6.45, 7) is 11.3. The minimum Gasteiger partial charge on any atom is -0.232 e. The number of thiocarbonyl (C=S) groups is 10. The SMILES string of the molecule is CC(C)c1ccccc1N=C=S.CC(N=C=S)c1ccc(F)cc1.Cc1ccccc1N=C=S.Fc1ccc(CN=C=S)cc1.S=C=NCCc1ccc(Cl)cc1.S=C=NCCc1ccccc1.S=C=NCc1ccc(Cl)cc1.S=C=NCc1ccccc1.S=C=Nc1ccccc1.S=C=Nc1ccccc1Cl. The van der Waals surface area contributed by atoms with Crippen molar-refractivity contribution in [3.05, 3.63) is 332 Å². The number of benzene rings is 10. The van der Waals surface area contributed by atoms with Crippen LogP contribution in [-0.4, -0.2) is 64.7 Å². The summed E-state index contributed by atoms with van der Waals surface area (Å²) in [7, 11) is 0. The van der Waals surface area contributed by atoms with E-state index in [0.29, 0.717) is 42.8 Å². The van der Waals surface area contributed by atoms with E-state index in [9.17, 15) is 8.78 Å². The van der Waals surface area contributed by atoms with E-state index in [1.54, 1.807) is 36.4 Å². The van der Waals surface area contributed by atoms with E-state index in [-0.39, 0.29) is 17.7 Å². The van der Waals surface area contributed by atoms with Gasteiger partial charge in [-0.15, -0.1) is 0 Å². The Labute approximate surface area is 700 Å². The van der Waals surface area contributed by atoms with Crippen molar-refractivity contribution in [1.29, 1.82) is 0 Å². The van der Waals surface area contributed by atoms with Crippen LogP contribution in [0.4, 0.5) is 31.5 Å². The Hall–Kier alpha value is -9.07. The molecule has 10 rings (SSSR count). The first-order chi connectivity index (χ1) is 52.4. The Balaban J connectivity index is 0.000000601. The van der Waals surface area contributed by atoms with Gasteiger partial charge in [0.15, 0.2) is 0 Å². The van der Waals surface area contributed by atoms with E-state index < -0.39 is 0 Å². The van der Waals surface area contributed by atoms with Crippen molar-refractivity contribution >= 4 is 231 Å². The van der Waals surface area contributed by atoms with Gasteiger partial charge in [-0.3, -0.25) is 0 Å². The summed E-state index contributed by atoms with van der Waals surface area (Å²) in [5, 5.41) is 25.2. The van der Waals surface area contributed by atoms with Crippen molar-refractivity contribution in [2.24, 2.45) is 49.9 Å². The molecule has 10 aromatic rings. The molecule has 0 saturated carbocycles. The molecule has 25 heteroatoms. The fourth-order valence-corrected chi connectivity index (χ4v) is 9.16. The van der Waals surface area contributed by atoms with Gasteiger partial charge < -0.3 is 0 Å². The van der Waals surface area contributed by atoms with Crippen LogP contribution in [0.3, 0.4) is 0 Å². The normalized spacial score (nSPS) is 9.09. The van der Waals surface area contributed by atoms with Crippen molar-refractivity contribution in [2.75, 3.05) is 13.1 Å². The third kappa shape index (κ3) is 50.5. The highest BCUT2D eigenvalue weighted by atomic mass is 35.5. The minimum absolute atomic E-state index is 0.0388. The van der Waals surface area contributed by atoms with Gasteiger partial charge in [-0.05, 0) is 284 Å². The summed E-state index contributed by atoms with van der Waals surface area (Å²) in [6, 6.07) is 80.2. The van der Waals surface area contributed by atoms with Gasteiger partial charge in [-0.25, -0.2) is 38.7 Å². The van der Waals surface area contributed by atoms with Gasteiger partial charge in [-0.2, -0.15) is 20.0 Å². The molecule has 1 unspecified atom stereocenters. The van der Waals surface area contributed by atoms with Crippen LogP contribution in [-0.2, 0) is 32.5 Å². The smallest absolute Gasteiger partial charge is 0.123 e. The fraction of sp³-hybridized carbons (Fsp3) is 0.157. The molecule has 10 nitrogen and oxygen atoms in total. The highest BCUT2D eigenvalue weighted by molar-refractivity contribution is 7.79. The number of nitrogens with zero attached hydrogens (tertiary/aromatic N) is 10. The lowest BCUT2D eigenvalue weighted by Crippen LogP contribution is -1.88. The van der Waals surface area contributed by atoms with Crippen molar-refractivity contribution in [1.82, 2.24) is 0 Å². The second kappa shape index (κ2) is 66.2. The topological polar surface area (TPSA) is 124 Å². The summed E-state index contributed by atoms with van der Waals surface area (Å²) in [5.41, 5.74) is 12.3. The maximum absolute atomic E-state index is 12.5. The number of hydrogen-bond donors (Lipinski definition) is 0. The molecule has 10 aromatic carbocycles. The van der Waals surface area contributed by atoms with Crippen LogP contribution >= 0.6 is 157 Å². The molecule has 0 aliphatic carbocycles. The Morgan fingerprint density at radius 3 is 1.09 bits per heavy atom. The molecular formula is C83H71Cl3F2N10S10. The molecule has 0 fully saturated rings. The molecular weight excluding hydrogens is 1600 g/mol. The predicted octanol–water partition coefficient (Wildman–Crippen LogP) is 27.7. The van der Waals surface area contributed by atoms with Gasteiger partial charge in [-0.1, -0.05) is 225 Å². The first-order valence-electron chi connectivity index (χ1n) is 32.0. The van der Waals surface area contributed by atoms with Gasteiger partial charge in [0, 0.05) is 10.0 Å². The number of aryl methyl sites for hydroxylation is 1. The van der Waals surface area contributed by atoms with Gasteiger partial charge in [0.25, 0.3) is 0 Å². The molecule has 0 aliphatic rings. The quantitative estimate of drug-likeness (QED) is 0.0571. The molecule has 0 bridgehead atoms. The monoisotopic (exact) mass is 1670 g/mol. The molecule has 0 heterocycles. The largest absolute Gasteiger partial charge is 0.232 e. The molecule has 548 valence electrons. The zero-order chi connectivity index (χ0) is 79.5. The highest BCUT2D eigenvalue weighted by Crippen LogP contribution is 2.26. The standard InChI is InChI=1S/C10H11NS.C9H8ClNS.C9H8FNS.C9H9NS.C8H6ClNS.C8H6FNS.2C8H7NS.C7H4ClNS.C7H5NS/c1-8(2)9-5-3-4-6-10(9)11-7-12;10-9-3-1-8(2-4-9)5-6-11-7-12;1-7(11-6-12)8-2-4-9(10)5-3-8;11-8-10-7-6-9-4-2-1-3-5-9;2*9-8-3-1-7(2-4-8)5-10-6-11;1-7-4-2-3-5-8(7)9-6-10;10-7-9-6-8-4-2-1-3-5-8;8-6-3-1-2-4-7(6)9-5-10;9-6-8-7-4-2-1-3-5-7/h3-6,8H,1-2H3;1-4H,5-6H2;2-5,7H,1H3;1-5H,6-7H2;2*1-4H,5H2;2-5H,1H3;1-5H,6H2;1-4H;1-5H. The fourth-order valence-electron chi connectivity index (χ4n) is 7.80. The lowest BCUT2D eigenvalue weighted by atomic mass is 10.0. The molecule has 0 saturated heterocycles. The van der Waals surface area contributed by atoms with Crippen LogP contribution in [0.1, 0.15) is 77.2 Å². The lowest BCUT2D eigenvalue weighted by molar-refractivity contribution is 0.626. The number of halogens is 5. The third-order valence-corrected chi connectivity index (χ3v) is 15.1. The van der Waals surface area contributed by atoms with E-state index in [0.717, 1.165) is 68.7 Å². The molecule has 1 atom stereocenters. The number of para-hydroxylation sites is 4. The maximum Gasteiger partial charge on any atom is 0.123 e. The van der Waals surface area contributed by atoms with E-state index >= 15 is 0 Å². The maximum atomic E-state index is 12.5. The van der Waals surface area contributed by atoms with Crippen molar-refractivity contribution in [3.63, 3.8) is 0 Å².